The molecule has 2 aromatic carbocycles. The molecule has 1 unspecified atom stereocenters. The molecule has 1 atom stereocenters. The number of amides is 2. The fourth-order valence-electron chi connectivity index (χ4n) is 2.44. The maximum absolute atomic E-state index is 12.3. The number of sulfonamides is 1. The zero-order chi connectivity index (χ0) is 20.0. The minimum absolute atomic E-state index is 0.127. The molecule has 144 valence electrons. The molecule has 2 amide bonds. The molecule has 0 spiro atoms. The molecule has 27 heavy (non-hydrogen) atoms. The van der Waals surface area contributed by atoms with Crippen molar-refractivity contribution in [2.45, 2.75) is 26.4 Å². The van der Waals surface area contributed by atoms with Gasteiger partial charge in [-0.25, -0.2) is 8.42 Å². The van der Waals surface area contributed by atoms with E-state index in [1.807, 2.05) is 13.0 Å². The quantitative estimate of drug-likeness (QED) is 0.672. The minimum Gasteiger partial charge on any atom is -0.350 e. The summed E-state index contributed by atoms with van der Waals surface area (Å²) in [6, 6.07) is 13.1. The van der Waals surface area contributed by atoms with Gasteiger partial charge in [0.05, 0.1) is 11.9 Å². The molecule has 0 aliphatic carbocycles. The number of para-hydroxylation sites is 1. The number of carbonyl (C=O) groups excluding carboxylic acids is 2. The summed E-state index contributed by atoms with van der Waals surface area (Å²) in [6.45, 7) is 3.60. The number of hydrogen-bond donors (Lipinski definition) is 3. The van der Waals surface area contributed by atoms with Crippen LogP contribution in [-0.4, -0.2) is 32.5 Å². The van der Waals surface area contributed by atoms with E-state index in [-0.39, 0.29) is 18.4 Å². The van der Waals surface area contributed by atoms with Gasteiger partial charge in [-0.15, -0.1) is 0 Å². The summed E-state index contributed by atoms with van der Waals surface area (Å²) >= 11 is 0. The lowest BCUT2D eigenvalue weighted by Crippen LogP contribution is -2.44. The second kappa shape index (κ2) is 8.68. The van der Waals surface area contributed by atoms with Crippen LogP contribution in [-0.2, 0) is 21.4 Å². The lowest BCUT2D eigenvalue weighted by Gasteiger charge is -2.16. The number of rotatable bonds is 7. The summed E-state index contributed by atoms with van der Waals surface area (Å²) in [5.41, 5.74) is 2.46. The molecule has 0 aromatic heterocycles. The van der Waals surface area contributed by atoms with Crippen LogP contribution in [0.15, 0.2) is 48.5 Å². The zero-order valence-corrected chi connectivity index (χ0v) is 16.3. The second-order valence-corrected chi connectivity index (χ2v) is 8.06. The molecular formula is C19H23N3O4S. The van der Waals surface area contributed by atoms with Gasteiger partial charge in [-0.2, -0.15) is 0 Å². The van der Waals surface area contributed by atoms with Crippen molar-refractivity contribution >= 4 is 27.5 Å². The summed E-state index contributed by atoms with van der Waals surface area (Å²) in [5.74, 6) is -0.703. The molecule has 2 rings (SSSR count). The van der Waals surface area contributed by atoms with E-state index in [9.17, 15) is 18.0 Å². The van der Waals surface area contributed by atoms with Gasteiger partial charge < -0.3 is 10.6 Å². The first-order valence-electron chi connectivity index (χ1n) is 8.36. The molecule has 0 aliphatic heterocycles. The Morgan fingerprint density at radius 1 is 1.07 bits per heavy atom. The molecule has 7 nitrogen and oxygen atoms in total. The average molecular weight is 389 g/mol. The van der Waals surface area contributed by atoms with Crippen molar-refractivity contribution in [2.75, 3.05) is 11.0 Å². The lowest BCUT2D eigenvalue weighted by molar-refractivity contribution is -0.122. The highest BCUT2D eigenvalue weighted by molar-refractivity contribution is 7.92. The van der Waals surface area contributed by atoms with Crippen LogP contribution in [0.4, 0.5) is 5.69 Å². The minimum atomic E-state index is -3.42. The third-order valence-electron chi connectivity index (χ3n) is 3.79. The number of hydrogen-bond acceptors (Lipinski definition) is 4. The predicted molar refractivity (Wildman–Crippen MR) is 105 cm³/mol. The van der Waals surface area contributed by atoms with Crippen molar-refractivity contribution in [2.24, 2.45) is 0 Å². The number of nitrogens with one attached hydrogen (secondary N) is 3. The van der Waals surface area contributed by atoms with Crippen molar-refractivity contribution in [3.05, 3.63) is 65.2 Å². The molecule has 0 aliphatic rings. The van der Waals surface area contributed by atoms with Gasteiger partial charge in [-0.1, -0.05) is 35.9 Å². The number of aryl methyl sites for hydroxylation is 1. The van der Waals surface area contributed by atoms with Crippen LogP contribution in [0.3, 0.4) is 0 Å². The van der Waals surface area contributed by atoms with E-state index in [2.05, 4.69) is 15.4 Å². The summed E-state index contributed by atoms with van der Waals surface area (Å²) in [6.07, 6.45) is 1.06. The van der Waals surface area contributed by atoms with Gasteiger partial charge in [-0.05, 0) is 37.6 Å². The molecule has 0 saturated carbocycles. The largest absolute Gasteiger partial charge is 0.350 e. The molecule has 0 heterocycles. The first-order valence-corrected chi connectivity index (χ1v) is 10.3. The third kappa shape index (κ3) is 6.41. The molecule has 0 saturated heterocycles. The van der Waals surface area contributed by atoms with Gasteiger partial charge in [0.2, 0.25) is 15.9 Å². The monoisotopic (exact) mass is 389 g/mol. The molecular weight excluding hydrogens is 366 g/mol. The third-order valence-corrected chi connectivity index (χ3v) is 4.38. The average Bonchev–Trinajstić information content (AvgIpc) is 2.59. The zero-order valence-electron chi connectivity index (χ0n) is 15.4. The van der Waals surface area contributed by atoms with Crippen molar-refractivity contribution in [3.63, 3.8) is 0 Å². The van der Waals surface area contributed by atoms with E-state index in [4.69, 9.17) is 0 Å². The van der Waals surface area contributed by atoms with Crippen LogP contribution in [0.25, 0.3) is 0 Å². The van der Waals surface area contributed by atoms with Gasteiger partial charge in [0.1, 0.15) is 6.04 Å². The fourth-order valence-corrected chi connectivity index (χ4v) is 3.04. The SMILES string of the molecule is Cc1cccc(C(=O)NC(C)C(=O)NCc2ccccc2NS(C)(=O)=O)c1. The summed E-state index contributed by atoms with van der Waals surface area (Å²) in [7, 11) is -3.42. The van der Waals surface area contributed by atoms with Crippen molar-refractivity contribution in [1.82, 2.24) is 10.6 Å². The van der Waals surface area contributed by atoms with Crippen LogP contribution >= 0.6 is 0 Å². The Morgan fingerprint density at radius 3 is 2.44 bits per heavy atom. The Kier molecular flexibility index (Phi) is 6.57. The lowest BCUT2D eigenvalue weighted by atomic mass is 10.1. The van der Waals surface area contributed by atoms with Gasteiger partial charge in [0, 0.05) is 12.1 Å². The maximum atomic E-state index is 12.3. The van der Waals surface area contributed by atoms with Crippen LogP contribution < -0.4 is 15.4 Å². The Hall–Kier alpha value is -2.87. The Labute approximate surface area is 159 Å². The van der Waals surface area contributed by atoms with Crippen LogP contribution in [0.5, 0.6) is 0 Å². The second-order valence-electron chi connectivity index (χ2n) is 6.31. The first-order chi connectivity index (χ1) is 12.7. The Bertz CT molecular complexity index is 941. The van der Waals surface area contributed by atoms with E-state index in [0.29, 0.717) is 16.8 Å². The van der Waals surface area contributed by atoms with E-state index in [0.717, 1.165) is 11.8 Å². The highest BCUT2D eigenvalue weighted by Gasteiger charge is 2.17. The van der Waals surface area contributed by atoms with E-state index in [1.54, 1.807) is 49.4 Å². The summed E-state index contributed by atoms with van der Waals surface area (Å²) in [5, 5.41) is 5.35. The highest BCUT2D eigenvalue weighted by atomic mass is 32.2. The van der Waals surface area contributed by atoms with Crippen molar-refractivity contribution in [1.29, 1.82) is 0 Å². The van der Waals surface area contributed by atoms with Crippen molar-refractivity contribution < 1.29 is 18.0 Å². The van der Waals surface area contributed by atoms with Gasteiger partial charge >= 0.3 is 0 Å². The van der Waals surface area contributed by atoms with Crippen LogP contribution in [0.1, 0.15) is 28.4 Å². The van der Waals surface area contributed by atoms with E-state index < -0.39 is 16.1 Å². The highest BCUT2D eigenvalue weighted by Crippen LogP contribution is 2.16. The normalized spacial score (nSPS) is 12.1. The fraction of sp³-hybridized carbons (Fsp3) is 0.263. The van der Waals surface area contributed by atoms with E-state index >= 15 is 0 Å². The van der Waals surface area contributed by atoms with Gasteiger partial charge in [0.25, 0.3) is 5.91 Å². The molecule has 3 N–H and O–H groups in total. The Balaban J connectivity index is 1.96. The maximum Gasteiger partial charge on any atom is 0.251 e. The number of benzene rings is 2. The Morgan fingerprint density at radius 2 is 1.78 bits per heavy atom. The standard InChI is InChI=1S/C19H23N3O4S/c1-13-7-6-9-15(11-13)19(24)21-14(2)18(23)20-12-16-8-4-5-10-17(16)22-27(3,25)26/h4-11,14,22H,12H2,1-3H3,(H,20,23)(H,21,24). The number of carbonyl (C=O) groups is 2. The summed E-state index contributed by atoms with van der Waals surface area (Å²) < 4.78 is 25.3. The molecule has 0 radical (unpaired) electrons. The predicted octanol–water partition coefficient (Wildman–Crippen LogP) is 1.80. The molecule has 0 bridgehead atoms. The van der Waals surface area contributed by atoms with Crippen LogP contribution in [0, 0.1) is 6.92 Å². The molecule has 2 aromatic rings. The number of anilines is 1. The smallest absolute Gasteiger partial charge is 0.251 e. The topological polar surface area (TPSA) is 104 Å². The van der Waals surface area contributed by atoms with Crippen LogP contribution in [0.2, 0.25) is 0 Å². The van der Waals surface area contributed by atoms with Gasteiger partial charge in [0.15, 0.2) is 0 Å². The first kappa shape index (κ1) is 20.4. The molecule has 8 heteroatoms. The van der Waals surface area contributed by atoms with Gasteiger partial charge in [-0.3, -0.25) is 14.3 Å². The molecule has 0 fully saturated rings. The van der Waals surface area contributed by atoms with Crippen molar-refractivity contribution in [3.8, 4) is 0 Å². The van der Waals surface area contributed by atoms with E-state index in [1.165, 1.54) is 0 Å². The summed E-state index contributed by atoms with van der Waals surface area (Å²) in [4.78, 5) is 24.5.